The zero-order valence-electron chi connectivity index (χ0n) is 11.2. The van der Waals surface area contributed by atoms with E-state index in [9.17, 15) is 4.39 Å². The van der Waals surface area contributed by atoms with E-state index in [0.29, 0.717) is 11.8 Å². The van der Waals surface area contributed by atoms with Crippen molar-refractivity contribution in [3.8, 4) is 0 Å². The maximum atomic E-state index is 13.4. The van der Waals surface area contributed by atoms with Crippen LogP contribution in [0.3, 0.4) is 0 Å². The van der Waals surface area contributed by atoms with E-state index in [1.807, 2.05) is 12.1 Å². The van der Waals surface area contributed by atoms with E-state index in [4.69, 9.17) is 0 Å². The van der Waals surface area contributed by atoms with Gasteiger partial charge >= 0.3 is 0 Å². The van der Waals surface area contributed by atoms with Crippen molar-refractivity contribution >= 4 is 0 Å². The summed E-state index contributed by atoms with van der Waals surface area (Å²) in [5, 5.41) is 3.44. The maximum Gasteiger partial charge on any atom is 0.126 e. The van der Waals surface area contributed by atoms with Crippen LogP contribution >= 0.6 is 0 Å². The quantitative estimate of drug-likeness (QED) is 0.763. The fourth-order valence-electron chi connectivity index (χ4n) is 1.82. The zero-order valence-corrected chi connectivity index (χ0v) is 11.2. The third-order valence-electron chi connectivity index (χ3n) is 2.91. The number of nitrogens with one attached hydrogen (secondary N) is 1. The Kier molecular flexibility index (Phi) is 6.20. The molecule has 17 heavy (non-hydrogen) atoms. The van der Waals surface area contributed by atoms with Crippen molar-refractivity contribution in [2.24, 2.45) is 11.8 Å². The standard InChI is InChI=1S/C15H24FN/c1-12(2)10-17-11-13(3)8-9-14-6-4-5-7-15(14)16/h4-7,12-13,17H,8-11H2,1-3H3. The van der Waals surface area contributed by atoms with Crippen LogP contribution in [0.1, 0.15) is 32.8 Å². The van der Waals surface area contributed by atoms with Crippen molar-refractivity contribution in [1.29, 1.82) is 0 Å². The highest BCUT2D eigenvalue weighted by Gasteiger charge is 2.05. The number of rotatable bonds is 7. The summed E-state index contributed by atoms with van der Waals surface area (Å²) >= 11 is 0. The highest BCUT2D eigenvalue weighted by molar-refractivity contribution is 5.17. The lowest BCUT2D eigenvalue weighted by atomic mass is 10.0. The monoisotopic (exact) mass is 237 g/mol. The minimum absolute atomic E-state index is 0.0742. The summed E-state index contributed by atoms with van der Waals surface area (Å²) in [5.74, 6) is 1.21. The van der Waals surface area contributed by atoms with Crippen LogP contribution in [-0.2, 0) is 6.42 Å². The Bertz CT molecular complexity index is 322. The first-order valence-corrected chi connectivity index (χ1v) is 6.53. The number of hydrogen-bond acceptors (Lipinski definition) is 1. The lowest BCUT2D eigenvalue weighted by Gasteiger charge is -2.14. The Morgan fingerprint density at radius 3 is 2.47 bits per heavy atom. The molecule has 0 saturated heterocycles. The van der Waals surface area contributed by atoms with Crippen LogP contribution in [0, 0.1) is 17.7 Å². The van der Waals surface area contributed by atoms with E-state index in [0.717, 1.165) is 31.5 Å². The summed E-state index contributed by atoms with van der Waals surface area (Å²) in [5.41, 5.74) is 0.836. The molecule has 0 amide bonds. The number of hydrogen-bond donors (Lipinski definition) is 1. The van der Waals surface area contributed by atoms with Crippen molar-refractivity contribution in [1.82, 2.24) is 5.32 Å². The lowest BCUT2D eigenvalue weighted by Crippen LogP contribution is -2.25. The molecule has 0 aliphatic heterocycles. The minimum Gasteiger partial charge on any atom is -0.316 e. The van der Waals surface area contributed by atoms with Gasteiger partial charge in [0.25, 0.3) is 0 Å². The van der Waals surface area contributed by atoms with E-state index >= 15 is 0 Å². The molecule has 0 aromatic heterocycles. The molecule has 2 heteroatoms. The van der Waals surface area contributed by atoms with Crippen LogP contribution in [0.15, 0.2) is 24.3 Å². The van der Waals surface area contributed by atoms with Gasteiger partial charge in [-0.3, -0.25) is 0 Å². The van der Waals surface area contributed by atoms with E-state index < -0.39 is 0 Å². The highest BCUT2D eigenvalue weighted by Crippen LogP contribution is 2.12. The molecule has 0 fully saturated rings. The molecular formula is C15H24FN. The van der Waals surface area contributed by atoms with Gasteiger partial charge in [-0.25, -0.2) is 4.39 Å². The average Bonchev–Trinajstić information content (AvgIpc) is 2.27. The predicted molar refractivity (Wildman–Crippen MR) is 71.6 cm³/mol. The minimum atomic E-state index is -0.0742. The second kappa shape index (κ2) is 7.44. The largest absolute Gasteiger partial charge is 0.316 e. The Hall–Kier alpha value is -0.890. The number of halogens is 1. The summed E-state index contributed by atoms with van der Waals surface area (Å²) in [6, 6.07) is 7.06. The Balaban J connectivity index is 2.24. The summed E-state index contributed by atoms with van der Waals surface area (Å²) < 4.78 is 13.4. The van der Waals surface area contributed by atoms with Crippen LogP contribution in [0.25, 0.3) is 0 Å². The predicted octanol–water partition coefficient (Wildman–Crippen LogP) is 3.64. The van der Waals surface area contributed by atoms with Crippen molar-refractivity contribution in [2.75, 3.05) is 13.1 Å². The van der Waals surface area contributed by atoms with E-state index in [1.54, 1.807) is 6.07 Å². The average molecular weight is 237 g/mol. The van der Waals surface area contributed by atoms with Gasteiger partial charge in [-0.05, 0) is 49.4 Å². The van der Waals surface area contributed by atoms with E-state index in [1.165, 1.54) is 6.07 Å². The van der Waals surface area contributed by atoms with E-state index in [-0.39, 0.29) is 5.82 Å². The summed E-state index contributed by atoms with van der Waals surface area (Å²) in [6.45, 7) is 8.71. The van der Waals surface area contributed by atoms with Crippen LogP contribution in [0.5, 0.6) is 0 Å². The number of aryl methyl sites for hydroxylation is 1. The van der Waals surface area contributed by atoms with Crippen molar-refractivity contribution in [2.45, 2.75) is 33.6 Å². The molecule has 0 radical (unpaired) electrons. The first-order valence-electron chi connectivity index (χ1n) is 6.53. The molecular weight excluding hydrogens is 213 g/mol. The molecule has 1 aromatic carbocycles. The fraction of sp³-hybridized carbons (Fsp3) is 0.600. The molecule has 0 bridgehead atoms. The second-order valence-corrected chi connectivity index (χ2v) is 5.29. The second-order valence-electron chi connectivity index (χ2n) is 5.29. The topological polar surface area (TPSA) is 12.0 Å². The summed E-state index contributed by atoms with van der Waals surface area (Å²) in [7, 11) is 0. The molecule has 1 aromatic rings. The zero-order chi connectivity index (χ0) is 12.7. The molecule has 1 N–H and O–H groups in total. The van der Waals surface area contributed by atoms with Gasteiger partial charge in [-0.1, -0.05) is 39.0 Å². The van der Waals surface area contributed by atoms with Gasteiger partial charge in [0.1, 0.15) is 5.82 Å². The third kappa shape index (κ3) is 5.83. The van der Waals surface area contributed by atoms with Crippen molar-refractivity contribution in [3.63, 3.8) is 0 Å². The normalized spacial score (nSPS) is 13.0. The Labute approximate surface area is 104 Å². The third-order valence-corrected chi connectivity index (χ3v) is 2.91. The number of benzene rings is 1. The van der Waals surface area contributed by atoms with Gasteiger partial charge in [-0.15, -0.1) is 0 Å². The smallest absolute Gasteiger partial charge is 0.126 e. The van der Waals surface area contributed by atoms with Crippen molar-refractivity contribution in [3.05, 3.63) is 35.6 Å². The van der Waals surface area contributed by atoms with Gasteiger partial charge < -0.3 is 5.32 Å². The highest BCUT2D eigenvalue weighted by atomic mass is 19.1. The van der Waals surface area contributed by atoms with Crippen LogP contribution < -0.4 is 5.32 Å². The van der Waals surface area contributed by atoms with Crippen LogP contribution in [0.4, 0.5) is 4.39 Å². The molecule has 1 atom stereocenters. The summed E-state index contributed by atoms with van der Waals surface area (Å²) in [6.07, 6.45) is 1.86. The van der Waals surface area contributed by atoms with Crippen LogP contribution in [-0.4, -0.2) is 13.1 Å². The molecule has 0 spiro atoms. The Morgan fingerprint density at radius 1 is 1.12 bits per heavy atom. The fourth-order valence-corrected chi connectivity index (χ4v) is 1.82. The van der Waals surface area contributed by atoms with Gasteiger partial charge in [0.05, 0.1) is 0 Å². The SMILES string of the molecule is CC(C)CNCC(C)CCc1ccccc1F. The van der Waals surface area contributed by atoms with E-state index in [2.05, 4.69) is 26.1 Å². The molecule has 96 valence electrons. The lowest BCUT2D eigenvalue weighted by molar-refractivity contribution is 0.451. The van der Waals surface area contributed by atoms with Crippen molar-refractivity contribution < 1.29 is 4.39 Å². The molecule has 0 heterocycles. The molecule has 0 saturated carbocycles. The van der Waals surface area contributed by atoms with Gasteiger partial charge in [0.2, 0.25) is 0 Å². The van der Waals surface area contributed by atoms with Gasteiger partial charge in [0, 0.05) is 0 Å². The Morgan fingerprint density at radius 2 is 1.82 bits per heavy atom. The first kappa shape index (κ1) is 14.2. The summed E-state index contributed by atoms with van der Waals surface area (Å²) in [4.78, 5) is 0. The van der Waals surface area contributed by atoms with Gasteiger partial charge in [0.15, 0.2) is 0 Å². The molecule has 0 aliphatic rings. The van der Waals surface area contributed by atoms with Gasteiger partial charge in [-0.2, -0.15) is 0 Å². The first-order chi connectivity index (χ1) is 8.09. The molecule has 1 rings (SSSR count). The molecule has 1 unspecified atom stereocenters. The molecule has 1 nitrogen and oxygen atoms in total. The van der Waals surface area contributed by atoms with Crippen LogP contribution in [0.2, 0.25) is 0 Å². The maximum absolute atomic E-state index is 13.4. The molecule has 0 aliphatic carbocycles.